The molecule has 0 bridgehead atoms. The summed E-state index contributed by atoms with van der Waals surface area (Å²) >= 11 is 0. The van der Waals surface area contributed by atoms with Crippen LogP contribution in [0.5, 0.6) is 0 Å². The van der Waals surface area contributed by atoms with Gasteiger partial charge in [0.05, 0.1) is 0 Å². The van der Waals surface area contributed by atoms with E-state index in [-0.39, 0.29) is 11.9 Å². The highest BCUT2D eigenvalue weighted by molar-refractivity contribution is 5.17. The quantitative estimate of drug-likeness (QED) is 0.835. The summed E-state index contributed by atoms with van der Waals surface area (Å²) in [6.45, 7) is 9.00. The third kappa shape index (κ3) is 6.15. The predicted molar refractivity (Wildman–Crippen MR) is 75.9 cm³/mol. The lowest BCUT2D eigenvalue weighted by Gasteiger charge is -2.25. The van der Waals surface area contributed by atoms with E-state index in [2.05, 4.69) is 27.7 Å². The normalized spacial score (nSPS) is 15.4. The number of rotatable bonds is 5. The maximum absolute atomic E-state index is 13.1. The van der Waals surface area contributed by atoms with Crippen LogP contribution in [-0.4, -0.2) is 6.04 Å². The Morgan fingerprint density at radius 2 is 1.94 bits per heavy atom. The van der Waals surface area contributed by atoms with Crippen molar-refractivity contribution in [1.29, 1.82) is 0 Å². The topological polar surface area (TPSA) is 26.0 Å². The minimum atomic E-state index is -0.178. The fraction of sp³-hybridized carbons (Fsp3) is 0.625. The average Bonchev–Trinajstić information content (AvgIpc) is 2.13. The lowest BCUT2D eigenvalue weighted by molar-refractivity contribution is 0.285. The largest absolute Gasteiger partial charge is 0.327 e. The Balaban J connectivity index is 2.44. The Morgan fingerprint density at radius 1 is 1.28 bits per heavy atom. The van der Waals surface area contributed by atoms with E-state index in [0.717, 1.165) is 18.4 Å². The molecule has 0 aliphatic carbocycles. The van der Waals surface area contributed by atoms with Gasteiger partial charge in [0.15, 0.2) is 0 Å². The van der Waals surface area contributed by atoms with E-state index < -0.39 is 0 Å². The van der Waals surface area contributed by atoms with Gasteiger partial charge in [-0.2, -0.15) is 0 Å². The van der Waals surface area contributed by atoms with Crippen molar-refractivity contribution in [1.82, 2.24) is 0 Å². The van der Waals surface area contributed by atoms with Gasteiger partial charge in [0, 0.05) is 6.04 Å². The highest BCUT2D eigenvalue weighted by Crippen LogP contribution is 2.26. The van der Waals surface area contributed by atoms with E-state index in [0.29, 0.717) is 11.3 Å². The minimum absolute atomic E-state index is 0.115. The van der Waals surface area contributed by atoms with Gasteiger partial charge in [-0.1, -0.05) is 39.8 Å². The smallest absolute Gasteiger partial charge is 0.123 e. The van der Waals surface area contributed by atoms with E-state index >= 15 is 0 Å². The van der Waals surface area contributed by atoms with Gasteiger partial charge in [0.2, 0.25) is 0 Å². The zero-order chi connectivity index (χ0) is 13.8. The fourth-order valence-corrected chi connectivity index (χ4v) is 2.70. The van der Waals surface area contributed by atoms with Crippen molar-refractivity contribution in [3.05, 3.63) is 35.6 Å². The Labute approximate surface area is 111 Å². The van der Waals surface area contributed by atoms with Gasteiger partial charge in [-0.15, -0.1) is 0 Å². The summed E-state index contributed by atoms with van der Waals surface area (Å²) in [7, 11) is 0. The van der Waals surface area contributed by atoms with E-state index in [9.17, 15) is 4.39 Å². The van der Waals surface area contributed by atoms with Crippen LogP contribution >= 0.6 is 0 Å². The number of hydrogen-bond donors (Lipinski definition) is 1. The summed E-state index contributed by atoms with van der Waals surface area (Å²) in [5.74, 6) is 0.427. The maximum atomic E-state index is 13.1. The lowest BCUT2D eigenvalue weighted by Crippen LogP contribution is -2.26. The number of nitrogens with two attached hydrogens (primary N) is 1. The Hall–Kier alpha value is -0.890. The summed E-state index contributed by atoms with van der Waals surface area (Å²) < 4.78 is 13.1. The zero-order valence-corrected chi connectivity index (χ0v) is 12.0. The molecule has 1 nitrogen and oxygen atoms in total. The molecule has 2 heteroatoms. The Kier molecular flexibility index (Phi) is 5.33. The van der Waals surface area contributed by atoms with Crippen LogP contribution in [0.1, 0.15) is 46.1 Å². The Morgan fingerprint density at radius 3 is 2.50 bits per heavy atom. The third-order valence-corrected chi connectivity index (χ3v) is 3.05. The van der Waals surface area contributed by atoms with Crippen LogP contribution < -0.4 is 5.73 Å². The van der Waals surface area contributed by atoms with Crippen LogP contribution in [0.4, 0.5) is 4.39 Å². The zero-order valence-electron chi connectivity index (χ0n) is 12.0. The highest BCUT2D eigenvalue weighted by atomic mass is 19.1. The standard InChI is InChI=1S/C16H26FN/c1-12(11-16(2,3)4)8-15(18)10-13-6-5-7-14(17)9-13/h5-7,9,12,15H,8,10-11,18H2,1-4H3. The van der Waals surface area contributed by atoms with E-state index in [1.807, 2.05) is 6.07 Å². The van der Waals surface area contributed by atoms with Gasteiger partial charge in [0.25, 0.3) is 0 Å². The first-order valence-corrected chi connectivity index (χ1v) is 6.76. The molecule has 2 N–H and O–H groups in total. The molecule has 0 aliphatic heterocycles. The summed E-state index contributed by atoms with van der Waals surface area (Å²) in [6.07, 6.45) is 2.92. The molecule has 18 heavy (non-hydrogen) atoms. The third-order valence-electron chi connectivity index (χ3n) is 3.05. The number of hydrogen-bond acceptors (Lipinski definition) is 1. The van der Waals surface area contributed by atoms with Gasteiger partial charge in [-0.25, -0.2) is 4.39 Å². The average molecular weight is 251 g/mol. The molecule has 0 heterocycles. The van der Waals surface area contributed by atoms with Gasteiger partial charge in [0.1, 0.15) is 5.82 Å². The van der Waals surface area contributed by atoms with Gasteiger partial charge in [-0.3, -0.25) is 0 Å². The molecule has 1 aromatic rings. The van der Waals surface area contributed by atoms with Crippen molar-refractivity contribution >= 4 is 0 Å². The van der Waals surface area contributed by atoms with Crippen LogP contribution in [0.15, 0.2) is 24.3 Å². The Bertz CT molecular complexity index is 368. The van der Waals surface area contributed by atoms with Crippen LogP contribution in [0.3, 0.4) is 0 Å². The van der Waals surface area contributed by atoms with Crippen molar-refractivity contribution in [2.75, 3.05) is 0 Å². The van der Waals surface area contributed by atoms with Gasteiger partial charge < -0.3 is 5.73 Å². The van der Waals surface area contributed by atoms with Crippen LogP contribution in [0.25, 0.3) is 0 Å². The first kappa shape index (κ1) is 15.2. The van der Waals surface area contributed by atoms with Crippen molar-refractivity contribution < 1.29 is 4.39 Å². The number of halogens is 1. The van der Waals surface area contributed by atoms with E-state index in [1.165, 1.54) is 12.5 Å². The monoisotopic (exact) mass is 251 g/mol. The maximum Gasteiger partial charge on any atom is 0.123 e. The second kappa shape index (κ2) is 6.33. The molecule has 0 fully saturated rings. The van der Waals surface area contributed by atoms with Crippen LogP contribution in [0.2, 0.25) is 0 Å². The molecule has 2 atom stereocenters. The molecule has 0 amide bonds. The molecule has 0 saturated heterocycles. The molecular formula is C16H26FN. The number of benzene rings is 1. The van der Waals surface area contributed by atoms with Crippen LogP contribution in [0, 0.1) is 17.2 Å². The second-order valence-electron chi connectivity index (χ2n) is 6.70. The first-order chi connectivity index (χ1) is 8.26. The molecule has 0 aliphatic rings. The molecule has 0 spiro atoms. The SMILES string of the molecule is CC(CC(N)Cc1cccc(F)c1)CC(C)(C)C. The second-order valence-corrected chi connectivity index (χ2v) is 6.70. The molecule has 0 radical (unpaired) electrons. The molecule has 0 saturated carbocycles. The minimum Gasteiger partial charge on any atom is -0.327 e. The van der Waals surface area contributed by atoms with Crippen molar-refractivity contribution in [3.63, 3.8) is 0 Å². The van der Waals surface area contributed by atoms with Gasteiger partial charge in [-0.05, 0) is 48.3 Å². The summed E-state index contributed by atoms with van der Waals surface area (Å²) in [4.78, 5) is 0. The summed E-state index contributed by atoms with van der Waals surface area (Å²) in [5, 5.41) is 0. The highest BCUT2D eigenvalue weighted by Gasteiger charge is 2.17. The summed E-state index contributed by atoms with van der Waals surface area (Å²) in [6, 6.07) is 6.85. The fourth-order valence-electron chi connectivity index (χ4n) is 2.70. The predicted octanol–water partition coefficient (Wildman–Crippen LogP) is 4.16. The van der Waals surface area contributed by atoms with Crippen LogP contribution in [-0.2, 0) is 6.42 Å². The van der Waals surface area contributed by atoms with Crippen molar-refractivity contribution in [2.24, 2.45) is 17.1 Å². The molecule has 0 aromatic heterocycles. The van der Waals surface area contributed by atoms with Crippen molar-refractivity contribution in [3.8, 4) is 0 Å². The molecule has 1 rings (SSSR count). The lowest BCUT2D eigenvalue weighted by atomic mass is 9.82. The molecule has 102 valence electrons. The molecule has 1 aromatic carbocycles. The first-order valence-electron chi connectivity index (χ1n) is 6.76. The summed E-state index contributed by atoms with van der Waals surface area (Å²) in [5.41, 5.74) is 7.49. The molecule has 2 unspecified atom stereocenters. The van der Waals surface area contributed by atoms with Gasteiger partial charge >= 0.3 is 0 Å². The molecular weight excluding hydrogens is 225 g/mol. The van der Waals surface area contributed by atoms with Crippen molar-refractivity contribution in [2.45, 2.75) is 53.0 Å². The van der Waals surface area contributed by atoms with E-state index in [4.69, 9.17) is 5.73 Å². The van der Waals surface area contributed by atoms with E-state index in [1.54, 1.807) is 12.1 Å².